The second-order valence-corrected chi connectivity index (χ2v) is 7.89. The van der Waals surface area contributed by atoms with E-state index in [2.05, 4.69) is 5.32 Å². The first kappa shape index (κ1) is 15.3. The summed E-state index contributed by atoms with van der Waals surface area (Å²) in [5, 5.41) is 12.9. The lowest BCUT2D eigenvalue weighted by molar-refractivity contribution is -0.142. The van der Waals surface area contributed by atoms with Crippen molar-refractivity contribution in [2.24, 2.45) is 11.3 Å². The lowest BCUT2D eigenvalue weighted by Crippen LogP contribution is -2.44. The van der Waals surface area contributed by atoms with Crippen LogP contribution in [-0.2, 0) is 4.79 Å². The van der Waals surface area contributed by atoms with Gasteiger partial charge in [-0.05, 0) is 69.6 Å². The third-order valence-electron chi connectivity index (χ3n) is 6.51. The molecule has 0 bridgehead atoms. The molecule has 3 heteroatoms. The maximum absolute atomic E-state index is 11.0. The fraction of sp³-hybridized carbons (Fsp3) is 0.944. The molecule has 0 aliphatic heterocycles. The molecule has 3 fully saturated rings. The van der Waals surface area contributed by atoms with Gasteiger partial charge in [0.15, 0.2) is 0 Å². The highest BCUT2D eigenvalue weighted by atomic mass is 16.4. The van der Waals surface area contributed by atoms with E-state index in [0.717, 1.165) is 25.7 Å². The van der Waals surface area contributed by atoms with Gasteiger partial charge in [0.25, 0.3) is 0 Å². The number of carboxylic acids is 1. The van der Waals surface area contributed by atoms with E-state index >= 15 is 0 Å². The van der Waals surface area contributed by atoms with Gasteiger partial charge < -0.3 is 10.4 Å². The van der Waals surface area contributed by atoms with Crippen LogP contribution in [0.4, 0.5) is 0 Å². The van der Waals surface area contributed by atoms with Crippen LogP contribution >= 0.6 is 0 Å². The molecule has 3 aliphatic carbocycles. The van der Waals surface area contributed by atoms with Crippen LogP contribution in [0.3, 0.4) is 0 Å². The lowest BCUT2D eigenvalue weighted by atomic mass is 9.64. The molecular weight excluding hydrogens is 262 g/mol. The predicted molar refractivity (Wildman–Crippen MR) is 84.3 cm³/mol. The summed E-state index contributed by atoms with van der Waals surface area (Å²) in [6.07, 6.45) is 16.7. The maximum atomic E-state index is 11.0. The normalized spacial score (nSPS) is 33.9. The van der Waals surface area contributed by atoms with Crippen LogP contribution in [0.1, 0.15) is 83.5 Å². The molecule has 3 nitrogen and oxygen atoms in total. The van der Waals surface area contributed by atoms with Crippen molar-refractivity contribution >= 4 is 5.97 Å². The van der Waals surface area contributed by atoms with Gasteiger partial charge in [0.05, 0.1) is 5.92 Å². The molecule has 3 aliphatic rings. The summed E-state index contributed by atoms with van der Waals surface area (Å²) < 4.78 is 0. The monoisotopic (exact) mass is 293 g/mol. The number of aliphatic carboxylic acids is 1. The first-order chi connectivity index (χ1) is 10.2. The minimum Gasteiger partial charge on any atom is -0.481 e. The summed E-state index contributed by atoms with van der Waals surface area (Å²) in [7, 11) is 0. The fourth-order valence-electron chi connectivity index (χ4n) is 5.04. The van der Waals surface area contributed by atoms with Crippen molar-refractivity contribution < 1.29 is 9.90 Å². The van der Waals surface area contributed by atoms with Crippen LogP contribution in [0.2, 0.25) is 0 Å². The molecule has 0 saturated heterocycles. The van der Waals surface area contributed by atoms with Crippen LogP contribution in [0.15, 0.2) is 0 Å². The lowest BCUT2D eigenvalue weighted by Gasteiger charge is -2.44. The van der Waals surface area contributed by atoms with Crippen molar-refractivity contribution in [3.8, 4) is 0 Å². The molecule has 0 aromatic heterocycles. The van der Waals surface area contributed by atoms with Gasteiger partial charge >= 0.3 is 5.97 Å². The molecule has 0 atom stereocenters. The van der Waals surface area contributed by atoms with Crippen molar-refractivity contribution in [1.29, 1.82) is 0 Å². The highest BCUT2D eigenvalue weighted by molar-refractivity contribution is 5.70. The molecule has 1 spiro atoms. The molecule has 120 valence electrons. The molecule has 0 radical (unpaired) electrons. The van der Waals surface area contributed by atoms with Crippen molar-refractivity contribution in [2.75, 3.05) is 0 Å². The molecule has 3 saturated carbocycles. The van der Waals surface area contributed by atoms with E-state index in [0.29, 0.717) is 17.5 Å². The van der Waals surface area contributed by atoms with E-state index in [1.807, 2.05) is 0 Å². The summed E-state index contributed by atoms with van der Waals surface area (Å²) in [6.45, 7) is 0. The van der Waals surface area contributed by atoms with Gasteiger partial charge in [0.1, 0.15) is 0 Å². The zero-order valence-electron chi connectivity index (χ0n) is 13.3. The smallest absolute Gasteiger partial charge is 0.306 e. The first-order valence-electron chi connectivity index (χ1n) is 9.16. The third-order valence-corrected chi connectivity index (χ3v) is 6.51. The highest BCUT2D eigenvalue weighted by Crippen LogP contribution is 2.47. The summed E-state index contributed by atoms with van der Waals surface area (Å²) in [5.74, 6) is -0.676. The average Bonchev–Trinajstić information content (AvgIpc) is 2.51. The minimum absolute atomic E-state index is 0.0834. The standard InChI is InChI=1S/C18H31NO2/c20-17(21)14-4-6-15(7-5-14)19-16-8-12-18(13-9-16)10-2-1-3-11-18/h14-16,19H,1-13H2,(H,20,21). The van der Waals surface area contributed by atoms with E-state index < -0.39 is 5.97 Å². The van der Waals surface area contributed by atoms with E-state index in [-0.39, 0.29) is 5.92 Å². The van der Waals surface area contributed by atoms with Gasteiger partial charge in [0.2, 0.25) is 0 Å². The van der Waals surface area contributed by atoms with E-state index in [1.165, 1.54) is 57.8 Å². The number of hydrogen-bond acceptors (Lipinski definition) is 2. The largest absolute Gasteiger partial charge is 0.481 e. The zero-order valence-corrected chi connectivity index (χ0v) is 13.3. The van der Waals surface area contributed by atoms with E-state index in [4.69, 9.17) is 5.11 Å². The molecular formula is C18H31NO2. The Morgan fingerprint density at radius 2 is 1.38 bits per heavy atom. The molecule has 3 rings (SSSR count). The first-order valence-corrected chi connectivity index (χ1v) is 9.16. The maximum Gasteiger partial charge on any atom is 0.306 e. The molecule has 0 amide bonds. The Morgan fingerprint density at radius 3 is 1.95 bits per heavy atom. The number of hydrogen-bond donors (Lipinski definition) is 2. The fourth-order valence-corrected chi connectivity index (χ4v) is 5.04. The van der Waals surface area contributed by atoms with Gasteiger partial charge in [0, 0.05) is 12.1 Å². The predicted octanol–water partition coefficient (Wildman–Crippen LogP) is 4.11. The van der Waals surface area contributed by atoms with Crippen molar-refractivity contribution in [2.45, 2.75) is 95.6 Å². The van der Waals surface area contributed by atoms with Gasteiger partial charge in [-0.2, -0.15) is 0 Å². The number of nitrogens with one attached hydrogen (secondary N) is 1. The Hall–Kier alpha value is -0.570. The second-order valence-electron chi connectivity index (χ2n) is 7.89. The van der Waals surface area contributed by atoms with Gasteiger partial charge in [-0.15, -0.1) is 0 Å². The number of carboxylic acid groups (broad SMARTS) is 1. The van der Waals surface area contributed by atoms with Crippen LogP contribution in [0, 0.1) is 11.3 Å². The van der Waals surface area contributed by atoms with Crippen LogP contribution in [-0.4, -0.2) is 23.2 Å². The number of rotatable bonds is 3. The number of carbonyl (C=O) groups is 1. The Bertz CT molecular complexity index is 344. The summed E-state index contributed by atoms with van der Waals surface area (Å²) in [5.41, 5.74) is 0.706. The average molecular weight is 293 g/mol. The molecule has 0 unspecified atom stereocenters. The Morgan fingerprint density at radius 1 is 0.810 bits per heavy atom. The SMILES string of the molecule is O=C(O)C1CCC(NC2CCC3(CCCCC3)CC2)CC1. The van der Waals surface area contributed by atoms with Crippen molar-refractivity contribution in [3.05, 3.63) is 0 Å². The van der Waals surface area contributed by atoms with E-state index in [9.17, 15) is 4.79 Å². The highest BCUT2D eigenvalue weighted by Gasteiger charge is 2.37. The van der Waals surface area contributed by atoms with Crippen LogP contribution < -0.4 is 5.32 Å². The van der Waals surface area contributed by atoms with Gasteiger partial charge in [-0.3, -0.25) is 4.79 Å². The van der Waals surface area contributed by atoms with E-state index in [1.54, 1.807) is 0 Å². The topological polar surface area (TPSA) is 49.3 Å². The third kappa shape index (κ3) is 3.80. The van der Waals surface area contributed by atoms with Crippen molar-refractivity contribution in [1.82, 2.24) is 5.32 Å². The molecule has 0 heterocycles. The summed E-state index contributed by atoms with van der Waals surface area (Å²) >= 11 is 0. The van der Waals surface area contributed by atoms with Gasteiger partial charge in [-0.25, -0.2) is 0 Å². The molecule has 0 aromatic carbocycles. The second kappa shape index (κ2) is 6.68. The Labute approximate surface area is 128 Å². The zero-order chi connectivity index (χ0) is 14.7. The molecule has 21 heavy (non-hydrogen) atoms. The summed E-state index contributed by atoms with van der Waals surface area (Å²) in [6, 6.07) is 1.27. The Kier molecular flexibility index (Phi) is 4.88. The Balaban J connectivity index is 1.41. The van der Waals surface area contributed by atoms with Crippen LogP contribution in [0.5, 0.6) is 0 Å². The molecule has 2 N–H and O–H groups in total. The minimum atomic E-state index is -0.592. The quantitative estimate of drug-likeness (QED) is 0.823. The van der Waals surface area contributed by atoms with Crippen LogP contribution in [0.25, 0.3) is 0 Å². The van der Waals surface area contributed by atoms with Gasteiger partial charge in [-0.1, -0.05) is 19.3 Å². The van der Waals surface area contributed by atoms with Crippen molar-refractivity contribution in [3.63, 3.8) is 0 Å². The molecule has 0 aromatic rings. The summed E-state index contributed by atoms with van der Waals surface area (Å²) in [4.78, 5) is 11.0.